The first-order valence-corrected chi connectivity index (χ1v) is 10.9. The van der Waals surface area contributed by atoms with Crippen LogP contribution in [-0.4, -0.2) is 43.3 Å². The number of halogens is 1. The second kappa shape index (κ2) is 10.8. The Morgan fingerprint density at radius 2 is 2.13 bits per heavy atom. The molecule has 0 aromatic carbocycles. The van der Waals surface area contributed by atoms with E-state index in [4.69, 9.17) is 16.2 Å². The van der Waals surface area contributed by atoms with Crippen molar-refractivity contribution in [1.29, 1.82) is 0 Å². The van der Waals surface area contributed by atoms with Crippen LogP contribution in [0.5, 0.6) is 0 Å². The van der Waals surface area contributed by atoms with Crippen LogP contribution in [0.2, 0.25) is 0 Å². The maximum absolute atomic E-state index is 13.7. The quantitative estimate of drug-likeness (QED) is 0.245. The van der Waals surface area contributed by atoms with Crippen LogP contribution in [0.3, 0.4) is 0 Å². The normalized spacial score (nSPS) is 20.3. The maximum atomic E-state index is 13.7. The van der Waals surface area contributed by atoms with Crippen molar-refractivity contribution >= 4 is 15.5 Å². The van der Waals surface area contributed by atoms with Gasteiger partial charge in [-0.2, -0.15) is 0 Å². The third kappa shape index (κ3) is 7.32. The maximum Gasteiger partial charge on any atom is 0.154 e. The SMILES string of the molecule is CC1=C(OCC(C)(F)P)CN(C)C(CN=CC(CC(C)=C2CCC2)=C(N)/C=C\N)=C1. The molecule has 0 saturated heterocycles. The Labute approximate surface area is 182 Å². The lowest BCUT2D eigenvalue weighted by Crippen LogP contribution is -2.28. The molecule has 2 rings (SSSR count). The molecule has 0 aromatic rings. The Balaban J connectivity index is 2.10. The molecule has 1 heterocycles. The van der Waals surface area contributed by atoms with Crippen LogP contribution in [0.4, 0.5) is 4.39 Å². The second-order valence-corrected chi connectivity index (χ2v) is 9.59. The van der Waals surface area contributed by atoms with Crippen molar-refractivity contribution in [3.05, 3.63) is 57.8 Å². The zero-order chi connectivity index (χ0) is 22.3. The largest absolute Gasteiger partial charge is 0.492 e. The van der Waals surface area contributed by atoms with Gasteiger partial charge in [0.1, 0.15) is 12.4 Å². The third-order valence-corrected chi connectivity index (χ3v) is 5.55. The summed E-state index contributed by atoms with van der Waals surface area (Å²) in [5, 5.41) is -1.44. The van der Waals surface area contributed by atoms with Crippen LogP contribution < -0.4 is 11.5 Å². The molecular formula is C23H36FN4OP. The Kier molecular flexibility index (Phi) is 8.72. The van der Waals surface area contributed by atoms with E-state index in [-0.39, 0.29) is 6.61 Å². The number of hydrogen-bond acceptors (Lipinski definition) is 5. The Hall–Kier alpha value is -2.07. The van der Waals surface area contributed by atoms with Crippen LogP contribution in [-0.2, 0) is 4.74 Å². The standard InChI is InChI=1S/C23H36FN4OP/c1-16(18-6-5-7-18)10-19(21(26)8-9-25)12-27-13-20-11-17(2)22(14-28(20)4)29-15-23(3,24)30/h8-9,11-12H,5-7,10,13-15,25-26,30H2,1-4H3/b9-8-,21-19?,27-12?. The lowest BCUT2D eigenvalue weighted by Gasteiger charge is -2.29. The van der Waals surface area contributed by atoms with Crippen molar-refractivity contribution in [2.75, 3.05) is 26.7 Å². The minimum Gasteiger partial charge on any atom is -0.492 e. The highest BCUT2D eigenvalue weighted by atomic mass is 31.0. The lowest BCUT2D eigenvalue weighted by atomic mass is 9.86. The summed E-state index contributed by atoms with van der Waals surface area (Å²) in [5.41, 5.74) is 18.3. The molecular weight excluding hydrogens is 398 g/mol. The van der Waals surface area contributed by atoms with Gasteiger partial charge in [-0.15, -0.1) is 0 Å². The van der Waals surface area contributed by atoms with Crippen molar-refractivity contribution in [2.24, 2.45) is 16.5 Å². The van der Waals surface area contributed by atoms with Gasteiger partial charge >= 0.3 is 0 Å². The first kappa shape index (κ1) is 24.2. The molecule has 0 bridgehead atoms. The van der Waals surface area contributed by atoms with Crippen LogP contribution in [0.15, 0.2) is 62.8 Å². The number of alkyl halides is 1. The number of hydrogen-bond donors (Lipinski definition) is 2. The lowest BCUT2D eigenvalue weighted by molar-refractivity contribution is 0.110. The summed E-state index contributed by atoms with van der Waals surface area (Å²) < 4.78 is 19.4. The molecule has 4 N–H and O–H groups in total. The van der Waals surface area contributed by atoms with E-state index < -0.39 is 5.41 Å². The van der Waals surface area contributed by atoms with Gasteiger partial charge in [0.05, 0.1) is 13.1 Å². The van der Waals surface area contributed by atoms with Crippen LogP contribution in [0, 0.1) is 0 Å². The topological polar surface area (TPSA) is 76.9 Å². The fourth-order valence-electron chi connectivity index (χ4n) is 3.31. The number of aliphatic imine (C=N–C) groups is 1. The number of ether oxygens (including phenoxy) is 1. The molecule has 30 heavy (non-hydrogen) atoms. The zero-order valence-corrected chi connectivity index (χ0v) is 19.8. The molecule has 1 aliphatic carbocycles. The van der Waals surface area contributed by atoms with Gasteiger partial charge in [-0.3, -0.25) is 4.99 Å². The van der Waals surface area contributed by atoms with E-state index in [1.54, 1.807) is 6.08 Å². The van der Waals surface area contributed by atoms with Crippen molar-refractivity contribution in [2.45, 2.75) is 51.9 Å². The van der Waals surface area contributed by atoms with E-state index in [9.17, 15) is 4.39 Å². The van der Waals surface area contributed by atoms with Gasteiger partial charge < -0.3 is 21.1 Å². The highest BCUT2D eigenvalue weighted by molar-refractivity contribution is 7.18. The van der Waals surface area contributed by atoms with E-state index >= 15 is 0 Å². The summed E-state index contributed by atoms with van der Waals surface area (Å²) in [6, 6.07) is 0. The van der Waals surface area contributed by atoms with E-state index in [1.807, 2.05) is 26.3 Å². The number of likely N-dealkylation sites (N-methyl/N-ethyl adjacent to an activating group) is 1. The van der Waals surface area contributed by atoms with Gasteiger partial charge in [0.2, 0.25) is 0 Å². The number of rotatable bonds is 9. The molecule has 2 aliphatic rings. The second-order valence-electron chi connectivity index (χ2n) is 8.39. The molecule has 1 fully saturated rings. The van der Waals surface area contributed by atoms with Gasteiger partial charge in [-0.1, -0.05) is 20.4 Å². The molecule has 0 radical (unpaired) electrons. The predicted molar refractivity (Wildman–Crippen MR) is 128 cm³/mol. The first-order valence-electron chi connectivity index (χ1n) is 10.4. The number of nitrogens with zero attached hydrogens (tertiary/aromatic N) is 2. The predicted octanol–water partition coefficient (Wildman–Crippen LogP) is 4.31. The van der Waals surface area contributed by atoms with Crippen LogP contribution in [0.1, 0.15) is 46.5 Å². The molecule has 0 amide bonds. The van der Waals surface area contributed by atoms with Crippen molar-refractivity contribution in [1.82, 2.24) is 4.90 Å². The van der Waals surface area contributed by atoms with Crippen molar-refractivity contribution in [3.63, 3.8) is 0 Å². The summed E-state index contributed by atoms with van der Waals surface area (Å²) in [7, 11) is 4.15. The van der Waals surface area contributed by atoms with Crippen LogP contribution >= 0.6 is 9.24 Å². The summed E-state index contributed by atoms with van der Waals surface area (Å²) in [6.45, 7) is 6.77. The summed E-state index contributed by atoms with van der Waals surface area (Å²) in [4.78, 5) is 6.73. The summed E-state index contributed by atoms with van der Waals surface area (Å²) in [5.74, 6) is 0.789. The molecule has 2 atom stereocenters. The van der Waals surface area contributed by atoms with Gasteiger partial charge in [0.25, 0.3) is 0 Å². The monoisotopic (exact) mass is 434 g/mol. The minimum absolute atomic E-state index is 0.0104. The zero-order valence-electron chi connectivity index (χ0n) is 18.7. The molecule has 7 heteroatoms. The Morgan fingerprint density at radius 3 is 2.70 bits per heavy atom. The fraction of sp³-hybridized carbons (Fsp3) is 0.522. The minimum atomic E-state index is -1.44. The highest BCUT2D eigenvalue weighted by Gasteiger charge is 2.21. The smallest absolute Gasteiger partial charge is 0.154 e. The average Bonchev–Trinajstić information content (AvgIpc) is 2.60. The van der Waals surface area contributed by atoms with E-state index in [0.717, 1.165) is 29.0 Å². The van der Waals surface area contributed by atoms with E-state index in [2.05, 4.69) is 26.1 Å². The molecule has 5 nitrogen and oxygen atoms in total. The first-order chi connectivity index (χ1) is 14.1. The summed E-state index contributed by atoms with van der Waals surface area (Å²) >= 11 is 0. The molecule has 1 saturated carbocycles. The third-order valence-electron chi connectivity index (χ3n) is 5.39. The molecule has 166 valence electrons. The van der Waals surface area contributed by atoms with Gasteiger partial charge in [0, 0.05) is 24.7 Å². The van der Waals surface area contributed by atoms with Crippen molar-refractivity contribution < 1.29 is 9.13 Å². The fourth-order valence-corrected chi connectivity index (χ4v) is 3.39. The number of allylic oxidation sites excluding steroid dienone is 6. The van der Waals surface area contributed by atoms with Crippen LogP contribution in [0.25, 0.3) is 0 Å². The number of nitrogens with two attached hydrogens (primary N) is 2. The van der Waals surface area contributed by atoms with Gasteiger partial charge in [0.15, 0.2) is 5.41 Å². The Bertz CT molecular complexity index is 810. The van der Waals surface area contributed by atoms with Crippen molar-refractivity contribution in [3.8, 4) is 0 Å². The summed E-state index contributed by atoms with van der Waals surface area (Å²) in [6.07, 6.45) is 11.5. The highest BCUT2D eigenvalue weighted by Crippen LogP contribution is 2.31. The molecule has 2 unspecified atom stereocenters. The molecule has 0 aromatic heterocycles. The van der Waals surface area contributed by atoms with E-state index in [1.165, 1.54) is 43.5 Å². The van der Waals surface area contributed by atoms with Gasteiger partial charge in [-0.05, 0) is 76.0 Å². The molecule has 1 aliphatic heterocycles. The molecule has 0 spiro atoms. The Morgan fingerprint density at radius 1 is 1.43 bits per heavy atom. The average molecular weight is 435 g/mol. The van der Waals surface area contributed by atoms with E-state index in [0.29, 0.717) is 18.8 Å². The van der Waals surface area contributed by atoms with Gasteiger partial charge in [-0.25, -0.2) is 4.39 Å².